The van der Waals surface area contributed by atoms with Crippen molar-refractivity contribution < 1.29 is 9.53 Å². The quantitative estimate of drug-likeness (QED) is 0.616. The lowest BCUT2D eigenvalue weighted by Gasteiger charge is -2.40. The van der Waals surface area contributed by atoms with Crippen molar-refractivity contribution in [3.63, 3.8) is 0 Å². The van der Waals surface area contributed by atoms with Crippen LogP contribution in [0.15, 0.2) is 47.2 Å². The largest absolute Gasteiger partial charge is 0.444 e. The molecule has 0 spiro atoms. The SMILES string of the molecule is Cc1cc(Br)ccc1[C@@H]1CN(C(=O)OC(C)(C)C)CC[C@H]1c1cccnc1. The molecule has 1 aliphatic heterocycles. The topological polar surface area (TPSA) is 42.4 Å². The van der Waals surface area contributed by atoms with Crippen LogP contribution in [-0.2, 0) is 4.74 Å². The van der Waals surface area contributed by atoms with E-state index < -0.39 is 5.60 Å². The highest BCUT2D eigenvalue weighted by Crippen LogP contribution is 2.41. The van der Waals surface area contributed by atoms with Crippen LogP contribution in [0.5, 0.6) is 0 Å². The first kappa shape index (κ1) is 19.9. The fraction of sp³-hybridized carbons (Fsp3) is 0.455. The molecule has 0 bridgehead atoms. The molecule has 27 heavy (non-hydrogen) atoms. The summed E-state index contributed by atoms with van der Waals surface area (Å²) < 4.78 is 6.69. The van der Waals surface area contributed by atoms with Crippen LogP contribution < -0.4 is 0 Å². The van der Waals surface area contributed by atoms with E-state index in [0.717, 1.165) is 10.9 Å². The minimum atomic E-state index is -0.486. The van der Waals surface area contributed by atoms with Crippen molar-refractivity contribution in [1.82, 2.24) is 9.88 Å². The monoisotopic (exact) mass is 430 g/mol. The van der Waals surface area contributed by atoms with Crippen molar-refractivity contribution in [2.24, 2.45) is 0 Å². The molecule has 1 aliphatic rings. The van der Waals surface area contributed by atoms with Gasteiger partial charge in [0.1, 0.15) is 5.60 Å². The lowest BCUT2D eigenvalue weighted by Crippen LogP contribution is -2.44. The minimum Gasteiger partial charge on any atom is -0.444 e. The molecule has 0 unspecified atom stereocenters. The average molecular weight is 431 g/mol. The molecule has 1 fully saturated rings. The molecule has 2 heterocycles. The number of amides is 1. The second-order valence-electron chi connectivity index (χ2n) is 8.22. The highest BCUT2D eigenvalue weighted by molar-refractivity contribution is 9.10. The van der Waals surface area contributed by atoms with Gasteiger partial charge in [0.2, 0.25) is 0 Å². The van der Waals surface area contributed by atoms with Gasteiger partial charge in [-0.25, -0.2) is 4.79 Å². The fourth-order valence-electron chi connectivity index (χ4n) is 3.81. The van der Waals surface area contributed by atoms with Gasteiger partial charge in [0, 0.05) is 35.9 Å². The molecular formula is C22H27BrN2O2. The van der Waals surface area contributed by atoms with E-state index in [2.05, 4.69) is 52.1 Å². The van der Waals surface area contributed by atoms with Gasteiger partial charge in [-0.3, -0.25) is 4.98 Å². The minimum absolute atomic E-state index is 0.212. The number of likely N-dealkylation sites (tertiary alicyclic amines) is 1. The predicted octanol–water partition coefficient (Wildman–Crippen LogP) is 5.66. The molecule has 4 nitrogen and oxygen atoms in total. The number of halogens is 1. The smallest absolute Gasteiger partial charge is 0.410 e. The van der Waals surface area contributed by atoms with Gasteiger partial charge < -0.3 is 9.64 Å². The molecule has 0 saturated carbocycles. The van der Waals surface area contributed by atoms with Crippen molar-refractivity contribution in [2.75, 3.05) is 13.1 Å². The van der Waals surface area contributed by atoms with E-state index in [1.807, 2.05) is 37.9 Å². The summed E-state index contributed by atoms with van der Waals surface area (Å²) in [7, 11) is 0. The van der Waals surface area contributed by atoms with Crippen LogP contribution in [-0.4, -0.2) is 34.7 Å². The summed E-state index contributed by atoms with van der Waals surface area (Å²) in [4.78, 5) is 18.8. The highest BCUT2D eigenvalue weighted by Gasteiger charge is 2.35. The van der Waals surface area contributed by atoms with Crippen LogP contribution in [0.1, 0.15) is 55.7 Å². The Balaban J connectivity index is 1.92. The highest BCUT2D eigenvalue weighted by atomic mass is 79.9. The third-order valence-electron chi connectivity index (χ3n) is 5.01. The van der Waals surface area contributed by atoms with Crippen molar-refractivity contribution in [1.29, 1.82) is 0 Å². The second kappa shape index (κ2) is 8.01. The Morgan fingerprint density at radius 2 is 2.04 bits per heavy atom. The fourth-order valence-corrected chi connectivity index (χ4v) is 4.28. The van der Waals surface area contributed by atoms with Crippen LogP contribution in [0, 0.1) is 6.92 Å². The van der Waals surface area contributed by atoms with E-state index in [-0.39, 0.29) is 12.0 Å². The van der Waals surface area contributed by atoms with Crippen molar-refractivity contribution in [2.45, 2.75) is 51.6 Å². The van der Waals surface area contributed by atoms with Crippen LogP contribution >= 0.6 is 15.9 Å². The molecule has 144 valence electrons. The molecule has 0 N–H and O–H groups in total. The van der Waals surface area contributed by atoms with Gasteiger partial charge >= 0.3 is 6.09 Å². The summed E-state index contributed by atoms with van der Waals surface area (Å²) in [6.07, 6.45) is 4.42. The normalized spacial score (nSPS) is 20.4. The van der Waals surface area contributed by atoms with E-state index in [0.29, 0.717) is 19.0 Å². The molecular weight excluding hydrogens is 404 g/mol. The number of aromatic nitrogens is 1. The number of benzene rings is 1. The summed E-state index contributed by atoms with van der Waals surface area (Å²) in [5, 5.41) is 0. The number of hydrogen-bond donors (Lipinski definition) is 0. The van der Waals surface area contributed by atoms with E-state index >= 15 is 0 Å². The van der Waals surface area contributed by atoms with Crippen LogP contribution in [0.3, 0.4) is 0 Å². The summed E-state index contributed by atoms with van der Waals surface area (Å²) >= 11 is 3.55. The van der Waals surface area contributed by atoms with E-state index in [9.17, 15) is 4.79 Å². The lowest BCUT2D eigenvalue weighted by atomic mass is 9.76. The molecule has 1 saturated heterocycles. The number of carbonyl (C=O) groups is 1. The predicted molar refractivity (Wildman–Crippen MR) is 111 cm³/mol. The summed E-state index contributed by atoms with van der Waals surface area (Å²) in [6, 6.07) is 10.5. The summed E-state index contributed by atoms with van der Waals surface area (Å²) in [5.74, 6) is 0.542. The van der Waals surface area contributed by atoms with E-state index in [4.69, 9.17) is 4.74 Å². The maximum atomic E-state index is 12.7. The van der Waals surface area contributed by atoms with Gasteiger partial charge in [0.15, 0.2) is 0 Å². The number of ether oxygens (including phenoxy) is 1. The molecule has 3 rings (SSSR count). The van der Waals surface area contributed by atoms with Crippen molar-refractivity contribution in [3.05, 3.63) is 63.9 Å². The zero-order chi connectivity index (χ0) is 19.6. The molecule has 2 atom stereocenters. The Morgan fingerprint density at radius 1 is 1.26 bits per heavy atom. The van der Waals surface area contributed by atoms with E-state index in [1.54, 1.807) is 6.20 Å². The standard InChI is InChI=1S/C22H27BrN2O2/c1-15-12-17(23)7-8-18(15)20-14-25(21(26)27-22(2,3)4)11-9-19(20)16-6-5-10-24-13-16/h5-8,10,12-13,19-20H,9,11,14H2,1-4H3/t19-,20-/m0/s1. The van der Waals surface area contributed by atoms with Gasteiger partial charge in [0.05, 0.1) is 0 Å². The lowest BCUT2D eigenvalue weighted by molar-refractivity contribution is 0.0183. The Hall–Kier alpha value is -1.88. The van der Waals surface area contributed by atoms with E-state index in [1.165, 1.54) is 16.7 Å². The first-order valence-electron chi connectivity index (χ1n) is 9.38. The van der Waals surface area contributed by atoms with Crippen LogP contribution in [0.2, 0.25) is 0 Å². The number of aryl methyl sites for hydroxylation is 1. The zero-order valence-corrected chi connectivity index (χ0v) is 18.0. The maximum Gasteiger partial charge on any atom is 0.410 e. The second-order valence-corrected chi connectivity index (χ2v) is 9.13. The van der Waals surface area contributed by atoms with Gasteiger partial charge in [-0.1, -0.05) is 28.1 Å². The maximum absolute atomic E-state index is 12.7. The number of nitrogens with zero attached hydrogens (tertiary/aromatic N) is 2. The molecule has 1 aromatic carbocycles. The zero-order valence-electron chi connectivity index (χ0n) is 16.4. The van der Waals surface area contributed by atoms with Crippen molar-refractivity contribution in [3.8, 4) is 0 Å². The number of rotatable bonds is 2. The Labute approximate surface area is 170 Å². The van der Waals surface area contributed by atoms with Gasteiger partial charge in [0.25, 0.3) is 0 Å². The summed E-state index contributed by atoms with van der Waals surface area (Å²) in [5.41, 5.74) is 3.25. The first-order chi connectivity index (χ1) is 12.7. The Morgan fingerprint density at radius 3 is 2.67 bits per heavy atom. The molecule has 1 amide bonds. The van der Waals surface area contributed by atoms with Gasteiger partial charge in [-0.05, 0) is 74.9 Å². The third kappa shape index (κ3) is 4.89. The molecule has 0 radical (unpaired) electrons. The number of hydrogen-bond acceptors (Lipinski definition) is 3. The van der Waals surface area contributed by atoms with Crippen LogP contribution in [0.4, 0.5) is 4.79 Å². The number of pyridine rings is 1. The molecule has 5 heteroatoms. The van der Waals surface area contributed by atoms with Crippen molar-refractivity contribution >= 4 is 22.0 Å². The number of piperidine rings is 1. The third-order valence-corrected chi connectivity index (χ3v) is 5.50. The summed E-state index contributed by atoms with van der Waals surface area (Å²) in [6.45, 7) is 9.20. The van der Waals surface area contributed by atoms with Gasteiger partial charge in [-0.2, -0.15) is 0 Å². The number of carbonyl (C=O) groups excluding carboxylic acids is 1. The molecule has 2 aromatic rings. The van der Waals surface area contributed by atoms with Crippen LogP contribution in [0.25, 0.3) is 0 Å². The Bertz CT molecular complexity index is 802. The first-order valence-corrected chi connectivity index (χ1v) is 10.2. The Kier molecular flexibility index (Phi) is 5.89. The molecule has 1 aromatic heterocycles. The molecule has 0 aliphatic carbocycles. The van der Waals surface area contributed by atoms with Gasteiger partial charge in [-0.15, -0.1) is 0 Å². The average Bonchev–Trinajstić information content (AvgIpc) is 2.60.